The van der Waals surface area contributed by atoms with Crippen molar-refractivity contribution in [1.29, 1.82) is 0 Å². The Balaban J connectivity index is 2.46. The van der Waals surface area contributed by atoms with Gasteiger partial charge in [-0.2, -0.15) is 0 Å². The lowest BCUT2D eigenvalue weighted by molar-refractivity contribution is -0.135. The van der Waals surface area contributed by atoms with Crippen LogP contribution in [0, 0.1) is 0 Å². The SMILES string of the molecule is COC(=O)C(Cl)=C1Oc2ccccc2C1=O. The maximum atomic E-state index is 11.8. The Morgan fingerprint density at radius 2 is 2.06 bits per heavy atom. The highest BCUT2D eigenvalue weighted by atomic mass is 35.5. The van der Waals surface area contributed by atoms with Crippen molar-refractivity contribution in [3.8, 4) is 5.75 Å². The van der Waals surface area contributed by atoms with Crippen molar-refractivity contribution in [3.63, 3.8) is 0 Å². The summed E-state index contributed by atoms with van der Waals surface area (Å²) in [7, 11) is 1.18. The first-order valence-corrected chi connectivity index (χ1v) is 4.82. The smallest absolute Gasteiger partial charge is 0.353 e. The van der Waals surface area contributed by atoms with Gasteiger partial charge in [0.1, 0.15) is 5.75 Å². The Hall–Kier alpha value is -1.81. The van der Waals surface area contributed by atoms with E-state index in [1.165, 1.54) is 7.11 Å². The lowest BCUT2D eigenvalue weighted by Gasteiger charge is -2.00. The summed E-state index contributed by atoms with van der Waals surface area (Å²) in [5.41, 5.74) is 0.388. The second-order valence-corrected chi connectivity index (χ2v) is 3.44. The number of para-hydroxylation sites is 1. The largest absolute Gasteiger partial charge is 0.465 e. The second kappa shape index (κ2) is 3.98. The molecule has 0 saturated heterocycles. The van der Waals surface area contributed by atoms with Gasteiger partial charge in [-0.15, -0.1) is 0 Å². The third kappa shape index (κ3) is 1.57. The lowest BCUT2D eigenvalue weighted by Crippen LogP contribution is -2.09. The fourth-order valence-electron chi connectivity index (χ4n) is 1.35. The molecule has 82 valence electrons. The maximum absolute atomic E-state index is 11.8. The van der Waals surface area contributed by atoms with E-state index in [1.54, 1.807) is 24.3 Å². The molecule has 1 aromatic carbocycles. The minimum absolute atomic E-state index is 0.185. The number of Topliss-reactive ketones (excluding diaryl/α,β-unsaturated/α-hetero) is 1. The van der Waals surface area contributed by atoms with E-state index in [-0.39, 0.29) is 10.8 Å². The molecule has 0 unspecified atom stereocenters. The first kappa shape index (κ1) is 10.7. The van der Waals surface area contributed by atoms with Gasteiger partial charge in [-0.1, -0.05) is 23.7 Å². The third-order valence-electron chi connectivity index (χ3n) is 2.11. The van der Waals surface area contributed by atoms with Gasteiger partial charge in [-0.25, -0.2) is 4.79 Å². The predicted molar refractivity (Wildman–Crippen MR) is 56.3 cm³/mol. The molecule has 0 spiro atoms. The number of fused-ring (bicyclic) bond motifs is 1. The molecule has 0 aromatic heterocycles. The highest BCUT2D eigenvalue weighted by Gasteiger charge is 2.31. The first-order valence-electron chi connectivity index (χ1n) is 4.45. The molecule has 16 heavy (non-hydrogen) atoms. The zero-order valence-corrected chi connectivity index (χ0v) is 9.08. The molecule has 0 radical (unpaired) electrons. The van der Waals surface area contributed by atoms with Gasteiger partial charge in [0.05, 0.1) is 12.7 Å². The fourth-order valence-corrected chi connectivity index (χ4v) is 1.55. The minimum atomic E-state index is -0.794. The van der Waals surface area contributed by atoms with Crippen molar-refractivity contribution in [2.45, 2.75) is 0 Å². The first-order chi connectivity index (χ1) is 7.65. The number of ether oxygens (including phenoxy) is 2. The van der Waals surface area contributed by atoms with Crippen LogP contribution in [0.15, 0.2) is 35.1 Å². The predicted octanol–water partition coefficient (Wildman–Crippen LogP) is 1.89. The quantitative estimate of drug-likeness (QED) is 0.554. The summed E-state index contributed by atoms with van der Waals surface area (Å²) in [5.74, 6) is -0.997. The van der Waals surface area contributed by atoms with Crippen LogP contribution in [0.1, 0.15) is 10.4 Å². The molecule has 0 bridgehead atoms. The summed E-state index contributed by atoms with van der Waals surface area (Å²) in [6, 6.07) is 6.66. The normalized spacial score (nSPS) is 16.5. The zero-order chi connectivity index (χ0) is 11.7. The van der Waals surface area contributed by atoms with Crippen molar-refractivity contribution in [3.05, 3.63) is 40.6 Å². The van der Waals surface area contributed by atoms with Crippen molar-refractivity contribution >= 4 is 23.4 Å². The van der Waals surface area contributed by atoms with E-state index in [4.69, 9.17) is 16.3 Å². The minimum Gasteiger partial charge on any atom is -0.465 e. The fraction of sp³-hybridized carbons (Fsp3) is 0.0909. The van der Waals surface area contributed by atoms with E-state index in [1.807, 2.05) is 0 Å². The second-order valence-electron chi connectivity index (χ2n) is 3.06. The van der Waals surface area contributed by atoms with Gasteiger partial charge in [0.15, 0.2) is 5.03 Å². The number of methoxy groups -OCH3 is 1. The summed E-state index contributed by atoms with van der Waals surface area (Å²) in [4.78, 5) is 22.9. The number of carbonyl (C=O) groups is 2. The van der Waals surface area contributed by atoms with E-state index in [9.17, 15) is 9.59 Å². The van der Waals surface area contributed by atoms with Crippen molar-refractivity contribution in [1.82, 2.24) is 0 Å². The van der Waals surface area contributed by atoms with Crippen molar-refractivity contribution < 1.29 is 19.1 Å². The number of ketones is 1. The number of carbonyl (C=O) groups excluding carboxylic acids is 2. The molecule has 1 heterocycles. The summed E-state index contributed by atoms with van der Waals surface area (Å²) in [5, 5.41) is -0.344. The van der Waals surface area contributed by atoms with Crippen molar-refractivity contribution in [2.75, 3.05) is 7.11 Å². The van der Waals surface area contributed by atoms with Crippen LogP contribution in [-0.4, -0.2) is 18.9 Å². The Morgan fingerprint density at radius 3 is 2.69 bits per heavy atom. The van der Waals surface area contributed by atoms with Crippen LogP contribution in [0.5, 0.6) is 5.75 Å². The van der Waals surface area contributed by atoms with Crippen LogP contribution in [0.25, 0.3) is 0 Å². The average Bonchev–Trinajstić information content (AvgIpc) is 2.65. The number of hydrogen-bond acceptors (Lipinski definition) is 4. The van der Waals surface area contributed by atoms with Crippen LogP contribution >= 0.6 is 11.6 Å². The summed E-state index contributed by atoms with van der Waals surface area (Å²) >= 11 is 5.68. The molecule has 0 atom stereocenters. The standard InChI is InChI=1S/C11H7ClO4/c1-15-11(14)8(12)10-9(13)6-4-2-3-5-7(6)16-10/h2-5H,1H3. The Morgan fingerprint density at radius 1 is 1.38 bits per heavy atom. The molecule has 0 N–H and O–H groups in total. The van der Waals surface area contributed by atoms with Crippen LogP contribution in [0.2, 0.25) is 0 Å². The van der Waals surface area contributed by atoms with Gasteiger partial charge < -0.3 is 9.47 Å². The molecule has 5 heteroatoms. The molecule has 0 saturated carbocycles. The Bertz CT molecular complexity index is 504. The monoisotopic (exact) mass is 238 g/mol. The molecule has 2 rings (SSSR count). The molecule has 0 fully saturated rings. The molecule has 0 aliphatic carbocycles. The van der Waals surface area contributed by atoms with Crippen molar-refractivity contribution in [2.24, 2.45) is 0 Å². The van der Waals surface area contributed by atoms with Gasteiger partial charge in [-0.3, -0.25) is 4.79 Å². The number of benzene rings is 1. The van der Waals surface area contributed by atoms with Gasteiger partial charge in [0.2, 0.25) is 11.5 Å². The molecular formula is C11H7ClO4. The number of rotatable bonds is 1. The van der Waals surface area contributed by atoms with E-state index in [2.05, 4.69) is 4.74 Å². The van der Waals surface area contributed by atoms with Gasteiger partial charge in [-0.05, 0) is 12.1 Å². The maximum Gasteiger partial charge on any atom is 0.353 e. The van der Waals surface area contributed by atoms with Crippen LogP contribution in [0.4, 0.5) is 0 Å². The highest BCUT2D eigenvalue weighted by molar-refractivity contribution is 6.44. The number of esters is 1. The summed E-state index contributed by atoms with van der Waals surface area (Å²) < 4.78 is 9.61. The topological polar surface area (TPSA) is 52.6 Å². The van der Waals surface area contributed by atoms with E-state index in [0.29, 0.717) is 11.3 Å². The van der Waals surface area contributed by atoms with Crippen LogP contribution < -0.4 is 4.74 Å². The molecule has 1 aliphatic rings. The van der Waals surface area contributed by atoms with Gasteiger partial charge >= 0.3 is 5.97 Å². The van der Waals surface area contributed by atoms with Gasteiger partial charge in [0.25, 0.3) is 0 Å². The number of hydrogen-bond donors (Lipinski definition) is 0. The van der Waals surface area contributed by atoms with Gasteiger partial charge in [0, 0.05) is 0 Å². The number of halogens is 1. The Kier molecular flexibility index (Phi) is 2.66. The number of allylic oxidation sites excluding steroid dienone is 1. The summed E-state index contributed by atoms with van der Waals surface area (Å²) in [6.45, 7) is 0. The molecule has 1 aliphatic heterocycles. The van der Waals surface area contributed by atoms with Crippen LogP contribution in [0.3, 0.4) is 0 Å². The Labute approximate surface area is 96.4 Å². The summed E-state index contributed by atoms with van der Waals surface area (Å²) in [6.07, 6.45) is 0. The molecule has 4 nitrogen and oxygen atoms in total. The lowest BCUT2D eigenvalue weighted by atomic mass is 10.1. The molecular weight excluding hydrogens is 232 g/mol. The molecule has 1 aromatic rings. The molecule has 0 amide bonds. The highest BCUT2D eigenvalue weighted by Crippen LogP contribution is 2.32. The van der Waals surface area contributed by atoms with E-state index >= 15 is 0 Å². The average molecular weight is 239 g/mol. The third-order valence-corrected chi connectivity index (χ3v) is 2.44. The van der Waals surface area contributed by atoms with E-state index < -0.39 is 11.8 Å². The van der Waals surface area contributed by atoms with E-state index in [0.717, 1.165) is 0 Å². The zero-order valence-electron chi connectivity index (χ0n) is 8.32. The van der Waals surface area contributed by atoms with Crippen LogP contribution in [-0.2, 0) is 9.53 Å².